The lowest BCUT2D eigenvalue weighted by atomic mass is 10.1. The van der Waals surface area contributed by atoms with Gasteiger partial charge < -0.3 is 10.1 Å². The van der Waals surface area contributed by atoms with Gasteiger partial charge in [0.2, 0.25) is 0 Å². The summed E-state index contributed by atoms with van der Waals surface area (Å²) in [6.45, 7) is 8.31. The van der Waals surface area contributed by atoms with E-state index in [1.165, 1.54) is 11.1 Å². The molecule has 18 heavy (non-hydrogen) atoms. The van der Waals surface area contributed by atoms with Crippen molar-refractivity contribution >= 4 is 6.09 Å². The first-order chi connectivity index (χ1) is 8.40. The molecule has 0 fully saturated rings. The Bertz CT molecular complexity index is 382. The van der Waals surface area contributed by atoms with Gasteiger partial charge in [0.05, 0.1) is 0 Å². The van der Waals surface area contributed by atoms with E-state index in [4.69, 9.17) is 4.74 Å². The minimum absolute atomic E-state index is 0. The lowest BCUT2D eigenvalue weighted by Crippen LogP contribution is -2.33. The Hall–Kier alpha value is -1.51. The molecule has 3 nitrogen and oxygen atoms in total. The van der Waals surface area contributed by atoms with E-state index >= 15 is 0 Å². The normalized spacial score (nSPS) is 11.1. The third-order valence-electron chi connectivity index (χ3n) is 2.51. The van der Waals surface area contributed by atoms with E-state index in [-0.39, 0.29) is 7.52 Å². The standard InChI is InChI=1S/C15H23NO2.H2/c1-5-12-6-8-13(9-7-12)10-11-16-14(17)18-15(2,3)4;/h6-9H,5,10-11H2,1-4H3,(H,16,17);1H. The monoisotopic (exact) mass is 251 g/mol. The summed E-state index contributed by atoms with van der Waals surface area (Å²) in [4.78, 5) is 11.4. The lowest BCUT2D eigenvalue weighted by molar-refractivity contribution is 0.0528. The van der Waals surface area contributed by atoms with Crippen molar-refractivity contribution in [3.05, 3.63) is 35.4 Å². The van der Waals surface area contributed by atoms with E-state index in [0.29, 0.717) is 6.54 Å². The molecule has 0 heterocycles. The maximum Gasteiger partial charge on any atom is 0.407 e. The Morgan fingerprint density at radius 3 is 2.28 bits per heavy atom. The number of nitrogens with one attached hydrogen (secondary N) is 1. The average molecular weight is 251 g/mol. The first kappa shape index (κ1) is 14.6. The largest absolute Gasteiger partial charge is 0.444 e. The molecule has 0 aliphatic carbocycles. The van der Waals surface area contributed by atoms with E-state index in [0.717, 1.165) is 12.8 Å². The molecular formula is C15H25NO2. The number of carbonyl (C=O) groups is 1. The minimum Gasteiger partial charge on any atom is -0.444 e. The van der Waals surface area contributed by atoms with E-state index in [9.17, 15) is 4.79 Å². The fourth-order valence-electron chi connectivity index (χ4n) is 1.56. The van der Waals surface area contributed by atoms with E-state index < -0.39 is 5.60 Å². The Morgan fingerprint density at radius 1 is 1.22 bits per heavy atom. The SMILES string of the molecule is CCc1ccc(CCNC(=O)OC(C)(C)C)cc1.[HH]. The molecule has 1 amide bonds. The smallest absolute Gasteiger partial charge is 0.407 e. The molecule has 0 bridgehead atoms. The van der Waals surface area contributed by atoms with E-state index in [2.05, 4.69) is 36.5 Å². The van der Waals surface area contributed by atoms with Gasteiger partial charge in [0.1, 0.15) is 5.60 Å². The molecule has 1 aromatic rings. The van der Waals surface area contributed by atoms with Gasteiger partial charge in [0.15, 0.2) is 0 Å². The predicted octanol–water partition coefficient (Wildman–Crippen LogP) is 3.56. The number of carbonyl (C=O) groups excluding carboxylic acids is 1. The van der Waals surface area contributed by atoms with Gasteiger partial charge in [-0.1, -0.05) is 31.2 Å². The molecule has 0 aliphatic rings. The van der Waals surface area contributed by atoms with Gasteiger partial charge in [-0.3, -0.25) is 0 Å². The van der Waals surface area contributed by atoms with Crippen molar-refractivity contribution in [3.63, 3.8) is 0 Å². The molecular weight excluding hydrogens is 226 g/mol. The maximum atomic E-state index is 11.4. The molecule has 0 radical (unpaired) electrons. The Morgan fingerprint density at radius 2 is 1.78 bits per heavy atom. The van der Waals surface area contributed by atoms with Crippen molar-refractivity contribution in [1.82, 2.24) is 5.32 Å². The molecule has 1 N–H and O–H groups in total. The lowest BCUT2D eigenvalue weighted by Gasteiger charge is -2.19. The van der Waals surface area contributed by atoms with Crippen LogP contribution in [0.4, 0.5) is 4.79 Å². The zero-order chi connectivity index (χ0) is 13.6. The molecule has 1 rings (SSSR count). The van der Waals surface area contributed by atoms with Crippen LogP contribution in [0.25, 0.3) is 0 Å². The van der Waals surface area contributed by atoms with Crippen LogP contribution in [-0.2, 0) is 17.6 Å². The Kier molecular flexibility index (Phi) is 5.20. The van der Waals surface area contributed by atoms with Crippen LogP contribution in [0.15, 0.2) is 24.3 Å². The third kappa shape index (κ3) is 5.71. The summed E-state index contributed by atoms with van der Waals surface area (Å²) in [5.41, 5.74) is 2.12. The second-order valence-electron chi connectivity index (χ2n) is 5.35. The second-order valence-corrected chi connectivity index (χ2v) is 5.35. The topological polar surface area (TPSA) is 38.3 Å². The summed E-state index contributed by atoms with van der Waals surface area (Å²) in [6, 6.07) is 8.47. The van der Waals surface area contributed by atoms with Gasteiger partial charge in [-0.15, -0.1) is 0 Å². The van der Waals surface area contributed by atoms with Gasteiger partial charge in [-0.05, 0) is 44.7 Å². The van der Waals surface area contributed by atoms with Crippen molar-refractivity contribution in [2.75, 3.05) is 6.54 Å². The van der Waals surface area contributed by atoms with Gasteiger partial charge in [-0.2, -0.15) is 0 Å². The van der Waals surface area contributed by atoms with Crippen molar-refractivity contribution in [2.24, 2.45) is 0 Å². The average Bonchev–Trinajstić information content (AvgIpc) is 2.27. The van der Waals surface area contributed by atoms with Gasteiger partial charge in [0, 0.05) is 7.97 Å². The molecule has 0 aromatic heterocycles. The molecule has 0 atom stereocenters. The predicted molar refractivity (Wildman–Crippen MR) is 75.9 cm³/mol. The highest BCUT2D eigenvalue weighted by Gasteiger charge is 2.15. The van der Waals surface area contributed by atoms with Gasteiger partial charge in [-0.25, -0.2) is 4.79 Å². The van der Waals surface area contributed by atoms with Crippen LogP contribution in [0, 0.1) is 0 Å². The minimum atomic E-state index is -0.438. The number of aryl methyl sites for hydroxylation is 1. The first-order valence-electron chi connectivity index (χ1n) is 6.45. The highest BCUT2D eigenvalue weighted by molar-refractivity contribution is 5.67. The summed E-state index contributed by atoms with van der Waals surface area (Å²) in [5, 5.41) is 2.76. The zero-order valence-electron chi connectivity index (χ0n) is 11.7. The van der Waals surface area contributed by atoms with Crippen LogP contribution >= 0.6 is 0 Å². The molecule has 0 spiro atoms. The molecule has 102 valence electrons. The van der Waals surface area contributed by atoms with Crippen molar-refractivity contribution in [3.8, 4) is 0 Å². The van der Waals surface area contributed by atoms with Crippen LogP contribution < -0.4 is 5.32 Å². The summed E-state index contributed by atoms with van der Waals surface area (Å²) in [7, 11) is 0. The molecule has 1 aromatic carbocycles. The Balaban J connectivity index is 0.00000324. The van der Waals surface area contributed by atoms with E-state index in [1.807, 2.05) is 20.8 Å². The zero-order valence-corrected chi connectivity index (χ0v) is 11.7. The number of ether oxygens (including phenoxy) is 1. The fourth-order valence-corrected chi connectivity index (χ4v) is 1.56. The number of alkyl carbamates (subject to hydrolysis) is 1. The molecule has 0 saturated carbocycles. The molecule has 0 aliphatic heterocycles. The highest BCUT2D eigenvalue weighted by atomic mass is 16.6. The molecule has 3 heteroatoms. The summed E-state index contributed by atoms with van der Waals surface area (Å²) in [5.74, 6) is 0. The van der Waals surface area contributed by atoms with Crippen LogP contribution in [0.5, 0.6) is 0 Å². The number of hydrogen-bond donors (Lipinski definition) is 1. The third-order valence-corrected chi connectivity index (χ3v) is 2.51. The molecule has 0 saturated heterocycles. The van der Waals surface area contributed by atoms with Crippen LogP contribution in [0.1, 0.15) is 40.2 Å². The number of benzene rings is 1. The van der Waals surface area contributed by atoms with Crippen molar-refractivity contribution in [2.45, 2.75) is 46.1 Å². The number of hydrogen-bond acceptors (Lipinski definition) is 2. The first-order valence-corrected chi connectivity index (χ1v) is 6.45. The van der Waals surface area contributed by atoms with Crippen LogP contribution in [0.2, 0.25) is 0 Å². The second kappa shape index (κ2) is 6.43. The maximum absolute atomic E-state index is 11.4. The highest BCUT2D eigenvalue weighted by Crippen LogP contribution is 2.07. The van der Waals surface area contributed by atoms with Crippen molar-refractivity contribution < 1.29 is 11.0 Å². The quantitative estimate of drug-likeness (QED) is 0.888. The fraction of sp³-hybridized carbons (Fsp3) is 0.533. The van der Waals surface area contributed by atoms with E-state index in [1.54, 1.807) is 0 Å². The number of amides is 1. The summed E-state index contributed by atoms with van der Waals surface area (Å²) >= 11 is 0. The number of rotatable bonds is 4. The van der Waals surface area contributed by atoms with Crippen LogP contribution in [0.3, 0.4) is 0 Å². The van der Waals surface area contributed by atoms with Gasteiger partial charge >= 0.3 is 6.09 Å². The van der Waals surface area contributed by atoms with Gasteiger partial charge in [0.25, 0.3) is 0 Å². The Labute approximate surface area is 111 Å². The summed E-state index contributed by atoms with van der Waals surface area (Å²) < 4.78 is 5.16. The van der Waals surface area contributed by atoms with Crippen LogP contribution in [-0.4, -0.2) is 18.2 Å². The molecule has 0 unspecified atom stereocenters. The van der Waals surface area contributed by atoms with Crippen molar-refractivity contribution in [1.29, 1.82) is 0 Å². The summed E-state index contributed by atoms with van der Waals surface area (Å²) in [6.07, 6.45) is 1.52.